The van der Waals surface area contributed by atoms with E-state index < -0.39 is 7.12 Å². The zero-order valence-electron chi connectivity index (χ0n) is 10.8. The van der Waals surface area contributed by atoms with Gasteiger partial charge >= 0.3 is 13.1 Å². The van der Waals surface area contributed by atoms with Crippen LogP contribution >= 0.6 is 0 Å². The molecule has 0 fully saturated rings. The molecule has 0 radical (unpaired) electrons. The molecule has 2 aromatic rings. The van der Waals surface area contributed by atoms with Gasteiger partial charge in [-0.05, 0) is 36.1 Å². The van der Waals surface area contributed by atoms with Gasteiger partial charge in [0.2, 0.25) is 0 Å². The Morgan fingerprint density at radius 1 is 1.21 bits per heavy atom. The lowest BCUT2D eigenvalue weighted by atomic mass is 9.79. The van der Waals surface area contributed by atoms with Crippen LogP contribution in [-0.2, 0) is 4.74 Å². The van der Waals surface area contributed by atoms with Gasteiger partial charge in [-0.1, -0.05) is 30.3 Å². The maximum atomic E-state index is 12.0. The minimum atomic E-state index is -1.52. The molecular weight excluding hydrogens is 243 g/mol. The summed E-state index contributed by atoms with van der Waals surface area (Å²) in [6, 6.07) is 10.2. The molecule has 0 aliphatic rings. The van der Waals surface area contributed by atoms with Gasteiger partial charge in [0.1, 0.15) is 0 Å². The number of benzene rings is 2. The maximum absolute atomic E-state index is 12.0. The molecule has 2 N–H and O–H groups in total. The SMILES string of the molecule is CC(C)OC(=O)c1cccc2cc(B(O)O)ccc12. The Morgan fingerprint density at radius 2 is 1.95 bits per heavy atom. The Kier molecular flexibility index (Phi) is 3.88. The van der Waals surface area contributed by atoms with E-state index in [1.807, 2.05) is 6.07 Å². The van der Waals surface area contributed by atoms with Crippen LogP contribution in [0, 0.1) is 0 Å². The van der Waals surface area contributed by atoms with E-state index in [2.05, 4.69) is 0 Å². The van der Waals surface area contributed by atoms with E-state index in [1.165, 1.54) is 0 Å². The van der Waals surface area contributed by atoms with Crippen molar-refractivity contribution < 1.29 is 19.6 Å². The van der Waals surface area contributed by atoms with Crippen LogP contribution < -0.4 is 5.46 Å². The predicted octanol–water partition coefficient (Wildman–Crippen LogP) is 1.08. The molecule has 2 rings (SSSR count). The first-order valence-electron chi connectivity index (χ1n) is 6.09. The molecule has 19 heavy (non-hydrogen) atoms. The summed E-state index contributed by atoms with van der Waals surface area (Å²) in [5.41, 5.74) is 0.868. The van der Waals surface area contributed by atoms with E-state index >= 15 is 0 Å². The minimum absolute atomic E-state index is 0.179. The van der Waals surface area contributed by atoms with Crippen molar-refractivity contribution in [2.75, 3.05) is 0 Å². The Hall–Kier alpha value is -1.85. The van der Waals surface area contributed by atoms with Gasteiger partial charge in [-0.15, -0.1) is 0 Å². The van der Waals surface area contributed by atoms with Crippen LogP contribution in [0.25, 0.3) is 10.8 Å². The standard InChI is InChI=1S/C14H15BO4/c1-9(2)19-14(16)13-5-3-4-10-8-11(15(17)18)6-7-12(10)13/h3-9,17-18H,1-2H3. The van der Waals surface area contributed by atoms with Gasteiger partial charge < -0.3 is 14.8 Å². The Morgan fingerprint density at radius 3 is 2.58 bits per heavy atom. The van der Waals surface area contributed by atoms with Crippen LogP contribution in [0.2, 0.25) is 0 Å². The summed E-state index contributed by atoms with van der Waals surface area (Å²) in [7, 11) is -1.52. The molecule has 0 aliphatic carbocycles. The molecule has 0 heterocycles. The first kappa shape index (κ1) is 13.6. The fraction of sp³-hybridized carbons (Fsp3) is 0.214. The van der Waals surface area contributed by atoms with Gasteiger partial charge in [0, 0.05) is 0 Å². The quantitative estimate of drug-likeness (QED) is 0.638. The lowest BCUT2D eigenvalue weighted by Gasteiger charge is -2.10. The molecule has 0 aromatic heterocycles. The zero-order valence-corrected chi connectivity index (χ0v) is 10.8. The highest BCUT2D eigenvalue weighted by Crippen LogP contribution is 2.19. The van der Waals surface area contributed by atoms with E-state index in [9.17, 15) is 4.79 Å². The largest absolute Gasteiger partial charge is 0.488 e. The van der Waals surface area contributed by atoms with Crippen molar-refractivity contribution in [2.24, 2.45) is 0 Å². The molecule has 0 saturated carbocycles. The van der Waals surface area contributed by atoms with Crippen molar-refractivity contribution in [1.29, 1.82) is 0 Å². The number of esters is 1. The second kappa shape index (κ2) is 5.42. The monoisotopic (exact) mass is 258 g/mol. The van der Waals surface area contributed by atoms with Crippen LogP contribution in [0.15, 0.2) is 36.4 Å². The van der Waals surface area contributed by atoms with Crippen LogP contribution in [0.5, 0.6) is 0 Å². The summed E-state index contributed by atoms with van der Waals surface area (Å²) in [6.07, 6.45) is -0.179. The summed E-state index contributed by atoms with van der Waals surface area (Å²) >= 11 is 0. The Balaban J connectivity index is 2.49. The fourth-order valence-electron chi connectivity index (χ4n) is 1.92. The summed E-state index contributed by atoms with van der Waals surface area (Å²) < 4.78 is 5.18. The molecule has 0 saturated heterocycles. The maximum Gasteiger partial charge on any atom is 0.488 e. The number of hydrogen-bond donors (Lipinski definition) is 2. The molecule has 98 valence electrons. The van der Waals surface area contributed by atoms with Gasteiger partial charge in [0.25, 0.3) is 0 Å². The van der Waals surface area contributed by atoms with E-state index in [0.717, 1.165) is 10.8 Å². The number of fused-ring (bicyclic) bond motifs is 1. The second-order valence-electron chi connectivity index (χ2n) is 4.61. The summed E-state index contributed by atoms with van der Waals surface area (Å²) in [5.74, 6) is -0.377. The van der Waals surface area contributed by atoms with Gasteiger partial charge in [0.15, 0.2) is 0 Å². The van der Waals surface area contributed by atoms with Gasteiger partial charge in [-0.3, -0.25) is 0 Å². The van der Waals surface area contributed by atoms with E-state index in [0.29, 0.717) is 11.0 Å². The van der Waals surface area contributed by atoms with Crippen molar-refractivity contribution in [2.45, 2.75) is 20.0 Å². The third kappa shape index (κ3) is 2.94. The lowest BCUT2D eigenvalue weighted by Crippen LogP contribution is -2.29. The number of ether oxygens (including phenoxy) is 1. The van der Waals surface area contributed by atoms with Crippen LogP contribution in [-0.4, -0.2) is 29.2 Å². The summed E-state index contributed by atoms with van der Waals surface area (Å²) in [5, 5.41) is 19.8. The summed E-state index contributed by atoms with van der Waals surface area (Å²) in [4.78, 5) is 12.0. The minimum Gasteiger partial charge on any atom is -0.459 e. The van der Waals surface area contributed by atoms with Crippen molar-refractivity contribution in [3.8, 4) is 0 Å². The van der Waals surface area contributed by atoms with Crippen LogP contribution in [0.1, 0.15) is 24.2 Å². The number of carbonyl (C=O) groups is 1. The Bertz CT molecular complexity index is 607. The fourth-order valence-corrected chi connectivity index (χ4v) is 1.92. The van der Waals surface area contributed by atoms with Gasteiger partial charge in [-0.2, -0.15) is 0 Å². The van der Waals surface area contributed by atoms with E-state index in [4.69, 9.17) is 14.8 Å². The molecule has 0 unspecified atom stereocenters. The number of hydrogen-bond acceptors (Lipinski definition) is 4. The number of carbonyl (C=O) groups excluding carboxylic acids is 1. The van der Waals surface area contributed by atoms with E-state index in [1.54, 1.807) is 44.2 Å². The smallest absolute Gasteiger partial charge is 0.459 e. The van der Waals surface area contributed by atoms with Gasteiger partial charge in [0.05, 0.1) is 11.7 Å². The van der Waals surface area contributed by atoms with Crippen molar-refractivity contribution in [3.05, 3.63) is 42.0 Å². The second-order valence-corrected chi connectivity index (χ2v) is 4.61. The molecule has 0 spiro atoms. The molecule has 0 atom stereocenters. The average molecular weight is 258 g/mol. The van der Waals surface area contributed by atoms with Crippen molar-refractivity contribution in [3.63, 3.8) is 0 Å². The summed E-state index contributed by atoms with van der Waals surface area (Å²) in [6.45, 7) is 3.59. The first-order valence-corrected chi connectivity index (χ1v) is 6.09. The predicted molar refractivity (Wildman–Crippen MR) is 74.3 cm³/mol. The zero-order chi connectivity index (χ0) is 14.0. The normalized spacial score (nSPS) is 10.8. The molecular formula is C14H15BO4. The first-order chi connectivity index (χ1) is 8.99. The molecule has 5 heteroatoms. The average Bonchev–Trinajstić information content (AvgIpc) is 2.36. The van der Waals surface area contributed by atoms with Crippen LogP contribution in [0.3, 0.4) is 0 Å². The van der Waals surface area contributed by atoms with Gasteiger partial charge in [-0.25, -0.2) is 4.79 Å². The lowest BCUT2D eigenvalue weighted by molar-refractivity contribution is 0.0380. The highest BCUT2D eigenvalue weighted by molar-refractivity contribution is 6.58. The van der Waals surface area contributed by atoms with Crippen LogP contribution in [0.4, 0.5) is 0 Å². The molecule has 2 aromatic carbocycles. The molecule has 4 nitrogen and oxygen atoms in total. The van der Waals surface area contributed by atoms with E-state index in [-0.39, 0.29) is 12.1 Å². The Labute approximate surface area is 111 Å². The molecule has 0 amide bonds. The molecule has 0 bridgehead atoms. The third-order valence-corrected chi connectivity index (χ3v) is 2.77. The molecule has 0 aliphatic heterocycles. The highest BCUT2D eigenvalue weighted by atomic mass is 16.5. The van der Waals surface area contributed by atoms with Crippen molar-refractivity contribution >= 4 is 29.3 Å². The number of rotatable bonds is 3. The van der Waals surface area contributed by atoms with Crippen molar-refractivity contribution in [1.82, 2.24) is 0 Å². The highest BCUT2D eigenvalue weighted by Gasteiger charge is 2.15. The third-order valence-electron chi connectivity index (χ3n) is 2.77. The topological polar surface area (TPSA) is 66.8 Å².